The van der Waals surface area contributed by atoms with Crippen LogP contribution in [-0.2, 0) is 6.42 Å². The molecule has 0 aliphatic carbocycles. The number of hydrogen-bond donors (Lipinski definition) is 1. The van der Waals surface area contributed by atoms with Crippen LogP contribution in [0.2, 0.25) is 15.1 Å². The Morgan fingerprint density at radius 1 is 1.00 bits per heavy atom. The van der Waals surface area contributed by atoms with E-state index in [9.17, 15) is 5.11 Å². The highest BCUT2D eigenvalue weighted by Gasteiger charge is 2.14. The lowest BCUT2D eigenvalue weighted by Gasteiger charge is -2.14. The van der Waals surface area contributed by atoms with E-state index in [0.29, 0.717) is 21.5 Å². The summed E-state index contributed by atoms with van der Waals surface area (Å²) in [6.45, 7) is 0. The maximum absolute atomic E-state index is 10.3. The van der Waals surface area contributed by atoms with E-state index >= 15 is 0 Å². The monoisotopic (exact) mass is 378 g/mol. The molecule has 19 heavy (non-hydrogen) atoms. The predicted molar refractivity (Wildman–Crippen MR) is 84.3 cm³/mol. The van der Waals surface area contributed by atoms with Crippen molar-refractivity contribution in [1.82, 2.24) is 0 Å². The SMILES string of the molecule is OC(Cc1cc(Cl)ccc1Cl)c1cc(Cl)ccc1Br. The first-order valence-electron chi connectivity index (χ1n) is 5.54. The van der Waals surface area contributed by atoms with Crippen LogP contribution in [-0.4, -0.2) is 5.11 Å². The first kappa shape index (κ1) is 15.1. The van der Waals surface area contributed by atoms with Crippen molar-refractivity contribution in [1.29, 1.82) is 0 Å². The van der Waals surface area contributed by atoms with Gasteiger partial charge >= 0.3 is 0 Å². The second kappa shape index (κ2) is 6.47. The van der Waals surface area contributed by atoms with Crippen molar-refractivity contribution in [2.24, 2.45) is 0 Å². The molecule has 0 saturated carbocycles. The van der Waals surface area contributed by atoms with Crippen molar-refractivity contribution in [3.05, 3.63) is 67.1 Å². The van der Waals surface area contributed by atoms with Gasteiger partial charge in [-0.15, -0.1) is 0 Å². The molecule has 5 heteroatoms. The number of rotatable bonds is 3. The van der Waals surface area contributed by atoms with Crippen LogP contribution in [0.25, 0.3) is 0 Å². The van der Waals surface area contributed by atoms with Gasteiger partial charge < -0.3 is 5.11 Å². The van der Waals surface area contributed by atoms with Crippen LogP contribution in [0.1, 0.15) is 17.2 Å². The van der Waals surface area contributed by atoms with Gasteiger partial charge in [-0.25, -0.2) is 0 Å². The number of halogens is 4. The summed E-state index contributed by atoms with van der Waals surface area (Å²) in [6.07, 6.45) is -0.331. The van der Waals surface area contributed by atoms with Gasteiger partial charge in [0, 0.05) is 26.0 Å². The highest BCUT2D eigenvalue weighted by molar-refractivity contribution is 9.10. The highest BCUT2D eigenvalue weighted by atomic mass is 79.9. The third-order valence-electron chi connectivity index (χ3n) is 2.74. The van der Waals surface area contributed by atoms with Gasteiger partial charge in [-0.3, -0.25) is 0 Å². The second-order valence-corrected chi connectivity index (χ2v) is 6.26. The zero-order chi connectivity index (χ0) is 14.0. The van der Waals surface area contributed by atoms with Gasteiger partial charge in [0.2, 0.25) is 0 Å². The Balaban J connectivity index is 2.27. The van der Waals surface area contributed by atoms with Crippen molar-refractivity contribution in [2.75, 3.05) is 0 Å². The lowest BCUT2D eigenvalue weighted by molar-refractivity contribution is 0.177. The molecule has 2 aromatic rings. The van der Waals surface area contributed by atoms with Gasteiger partial charge in [-0.2, -0.15) is 0 Å². The minimum atomic E-state index is -0.705. The normalized spacial score (nSPS) is 12.5. The van der Waals surface area contributed by atoms with E-state index in [1.165, 1.54) is 0 Å². The largest absolute Gasteiger partial charge is 0.388 e. The van der Waals surface area contributed by atoms with E-state index in [0.717, 1.165) is 15.6 Å². The number of hydrogen-bond acceptors (Lipinski definition) is 1. The summed E-state index contributed by atoms with van der Waals surface area (Å²) >= 11 is 21.4. The Morgan fingerprint density at radius 2 is 1.63 bits per heavy atom. The van der Waals surface area contributed by atoms with Crippen molar-refractivity contribution < 1.29 is 5.11 Å². The van der Waals surface area contributed by atoms with Gasteiger partial charge in [-0.05, 0) is 47.5 Å². The molecule has 1 nitrogen and oxygen atoms in total. The standard InChI is InChI=1S/C14H10BrCl3O/c15-12-3-1-10(17)7-11(12)14(19)6-8-5-9(16)2-4-13(8)18/h1-5,7,14,19H,6H2. The molecule has 0 spiro atoms. The van der Waals surface area contributed by atoms with Gasteiger partial charge in [0.15, 0.2) is 0 Å². The zero-order valence-corrected chi connectivity index (χ0v) is 13.6. The van der Waals surface area contributed by atoms with E-state index in [4.69, 9.17) is 34.8 Å². The molecule has 1 atom stereocenters. The smallest absolute Gasteiger partial charge is 0.0842 e. The fourth-order valence-corrected chi connectivity index (χ4v) is 2.87. The van der Waals surface area contributed by atoms with Crippen LogP contribution in [0.4, 0.5) is 0 Å². The Morgan fingerprint density at radius 3 is 2.37 bits per heavy atom. The summed E-state index contributed by atoms with van der Waals surface area (Å²) in [5.41, 5.74) is 1.53. The minimum Gasteiger partial charge on any atom is -0.388 e. The molecule has 0 amide bonds. The molecule has 0 heterocycles. The molecule has 0 aliphatic rings. The van der Waals surface area contributed by atoms with Crippen LogP contribution in [0.3, 0.4) is 0 Å². The third kappa shape index (κ3) is 3.87. The van der Waals surface area contributed by atoms with Crippen molar-refractivity contribution >= 4 is 50.7 Å². The van der Waals surface area contributed by atoms with Crippen molar-refractivity contribution in [3.8, 4) is 0 Å². The fourth-order valence-electron chi connectivity index (χ4n) is 1.79. The molecule has 2 rings (SSSR count). The Bertz CT molecular complexity index is 601. The average molecular weight is 380 g/mol. The van der Waals surface area contributed by atoms with Crippen LogP contribution in [0, 0.1) is 0 Å². The molecule has 1 unspecified atom stereocenters. The first-order chi connectivity index (χ1) is 8.97. The minimum absolute atomic E-state index is 0.373. The first-order valence-corrected chi connectivity index (χ1v) is 7.47. The van der Waals surface area contributed by atoms with Crippen molar-refractivity contribution in [3.63, 3.8) is 0 Å². The third-order valence-corrected chi connectivity index (χ3v) is 4.30. The Labute approximate surface area is 135 Å². The lowest BCUT2D eigenvalue weighted by atomic mass is 10.0. The maximum atomic E-state index is 10.3. The topological polar surface area (TPSA) is 20.2 Å². The Kier molecular flexibility index (Phi) is 5.15. The summed E-state index contributed by atoms with van der Waals surface area (Å²) in [5.74, 6) is 0. The quantitative estimate of drug-likeness (QED) is 0.726. The van der Waals surface area contributed by atoms with E-state index in [2.05, 4.69) is 15.9 Å². The van der Waals surface area contributed by atoms with Gasteiger partial charge in [0.1, 0.15) is 0 Å². The number of benzene rings is 2. The summed E-state index contributed by atoms with van der Waals surface area (Å²) in [7, 11) is 0. The van der Waals surface area contributed by atoms with Crippen molar-refractivity contribution in [2.45, 2.75) is 12.5 Å². The molecule has 0 aliphatic heterocycles. The highest BCUT2D eigenvalue weighted by Crippen LogP contribution is 2.31. The van der Waals surface area contributed by atoms with E-state index in [-0.39, 0.29) is 0 Å². The van der Waals surface area contributed by atoms with Crippen LogP contribution in [0.5, 0.6) is 0 Å². The van der Waals surface area contributed by atoms with E-state index in [1.807, 2.05) is 0 Å². The average Bonchev–Trinajstić information content (AvgIpc) is 2.36. The molecular formula is C14H10BrCl3O. The molecule has 0 fully saturated rings. The zero-order valence-electron chi connectivity index (χ0n) is 9.71. The van der Waals surface area contributed by atoms with Gasteiger partial charge in [0.25, 0.3) is 0 Å². The molecule has 100 valence electrons. The summed E-state index contributed by atoms with van der Waals surface area (Å²) in [6, 6.07) is 10.5. The number of aliphatic hydroxyl groups excluding tert-OH is 1. The van der Waals surface area contributed by atoms with Crippen LogP contribution >= 0.6 is 50.7 Å². The van der Waals surface area contributed by atoms with E-state index in [1.54, 1.807) is 36.4 Å². The molecule has 0 saturated heterocycles. The summed E-state index contributed by atoms with van der Waals surface area (Å²) in [5, 5.41) is 12.1. The number of aliphatic hydroxyl groups is 1. The Hall–Kier alpha value is -0.250. The predicted octanol–water partition coefficient (Wildman–Crippen LogP) is 5.69. The molecule has 2 aromatic carbocycles. The molecule has 0 bridgehead atoms. The summed E-state index contributed by atoms with van der Waals surface area (Å²) in [4.78, 5) is 0. The maximum Gasteiger partial charge on any atom is 0.0842 e. The molecular weight excluding hydrogens is 370 g/mol. The van der Waals surface area contributed by atoms with E-state index < -0.39 is 6.10 Å². The fraction of sp³-hybridized carbons (Fsp3) is 0.143. The lowest BCUT2D eigenvalue weighted by Crippen LogP contribution is -2.03. The second-order valence-electron chi connectivity index (χ2n) is 4.12. The van der Waals surface area contributed by atoms with Crippen LogP contribution in [0.15, 0.2) is 40.9 Å². The molecule has 1 N–H and O–H groups in total. The summed E-state index contributed by atoms with van der Waals surface area (Å²) < 4.78 is 0.808. The van der Waals surface area contributed by atoms with Gasteiger partial charge in [0.05, 0.1) is 6.10 Å². The molecule has 0 radical (unpaired) electrons. The molecule has 0 aromatic heterocycles. The van der Waals surface area contributed by atoms with Crippen LogP contribution < -0.4 is 0 Å². The van der Waals surface area contributed by atoms with Gasteiger partial charge in [-0.1, -0.05) is 50.7 Å².